The van der Waals surface area contributed by atoms with Crippen LogP contribution in [-0.4, -0.2) is 52.8 Å². The fraction of sp³-hybridized carbons (Fsp3) is 0.190. The van der Waals surface area contributed by atoms with Gasteiger partial charge in [-0.3, -0.25) is 9.59 Å². The van der Waals surface area contributed by atoms with E-state index in [2.05, 4.69) is 4.98 Å². The molecule has 0 aliphatic carbocycles. The average molecular weight is 464 g/mol. The predicted molar refractivity (Wildman–Crippen MR) is 116 cm³/mol. The first-order valence-corrected chi connectivity index (χ1v) is 10.8. The Bertz CT molecular complexity index is 1110. The molecule has 2 heterocycles. The van der Waals surface area contributed by atoms with E-state index in [1.165, 1.54) is 23.5 Å². The number of halogens is 3. The maximum absolute atomic E-state index is 13.2. The van der Waals surface area contributed by atoms with Gasteiger partial charge in [-0.05, 0) is 24.3 Å². The minimum atomic E-state index is -0.493. The van der Waals surface area contributed by atoms with Gasteiger partial charge in [-0.25, -0.2) is 9.37 Å². The second kappa shape index (κ2) is 8.71. The van der Waals surface area contributed by atoms with Crippen LogP contribution in [0.1, 0.15) is 20.0 Å². The van der Waals surface area contributed by atoms with E-state index >= 15 is 0 Å². The Hall–Kier alpha value is -2.48. The molecule has 1 aliphatic rings. The molecule has 0 radical (unpaired) electrons. The van der Waals surface area contributed by atoms with Crippen molar-refractivity contribution in [1.82, 2.24) is 14.8 Å². The van der Waals surface area contributed by atoms with Crippen molar-refractivity contribution in [3.63, 3.8) is 0 Å². The highest BCUT2D eigenvalue weighted by Crippen LogP contribution is 2.31. The molecule has 1 aliphatic heterocycles. The summed E-state index contributed by atoms with van der Waals surface area (Å²) >= 11 is 13.5. The Morgan fingerprint density at radius 3 is 2.27 bits per heavy atom. The maximum atomic E-state index is 13.2. The highest BCUT2D eigenvalue weighted by Gasteiger charge is 2.27. The zero-order valence-corrected chi connectivity index (χ0v) is 18.0. The van der Waals surface area contributed by atoms with Gasteiger partial charge in [0, 0.05) is 31.7 Å². The van der Waals surface area contributed by atoms with Crippen molar-refractivity contribution in [2.45, 2.75) is 0 Å². The van der Waals surface area contributed by atoms with Gasteiger partial charge < -0.3 is 9.80 Å². The Labute approximate surface area is 186 Å². The van der Waals surface area contributed by atoms with Crippen LogP contribution < -0.4 is 0 Å². The molecule has 0 unspecified atom stereocenters. The number of benzene rings is 2. The molecular weight excluding hydrogens is 448 g/mol. The number of amides is 2. The highest BCUT2D eigenvalue weighted by atomic mass is 35.5. The normalized spacial score (nSPS) is 14.1. The van der Waals surface area contributed by atoms with Crippen LogP contribution in [0.5, 0.6) is 0 Å². The molecule has 3 aromatic rings. The topological polar surface area (TPSA) is 53.5 Å². The van der Waals surface area contributed by atoms with Crippen molar-refractivity contribution >= 4 is 46.4 Å². The maximum Gasteiger partial charge on any atom is 0.265 e. The lowest BCUT2D eigenvalue weighted by atomic mass is 10.1. The van der Waals surface area contributed by atoms with E-state index in [1.54, 1.807) is 22.1 Å². The molecular formula is C21H16Cl2FN3O2S. The standard InChI is InChI=1S/C21H16Cl2FN3O2S/c22-16-4-2-1-3-14(16)19-25-12-18(30-19)21(29)27-9-7-26(8-10-27)20(28)15-6-5-13(24)11-17(15)23/h1-6,11-12H,7-10H2. The fourth-order valence-corrected chi connectivity index (χ4v) is 4.69. The van der Waals surface area contributed by atoms with Crippen molar-refractivity contribution in [2.24, 2.45) is 0 Å². The highest BCUT2D eigenvalue weighted by molar-refractivity contribution is 7.17. The summed E-state index contributed by atoms with van der Waals surface area (Å²) < 4.78 is 13.2. The van der Waals surface area contributed by atoms with Gasteiger partial charge in [0.25, 0.3) is 11.8 Å². The van der Waals surface area contributed by atoms with Gasteiger partial charge in [0.15, 0.2) is 0 Å². The summed E-state index contributed by atoms with van der Waals surface area (Å²) in [5.74, 6) is -0.892. The minimum absolute atomic E-state index is 0.0790. The monoisotopic (exact) mass is 463 g/mol. The number of nitrogens with zero attached hydrogens (tertiary/aromatic N) is 3. The van der Waals surface area contributed by atoms with Crippen LogP contribution in [0.2, 0.25) is 10.0 Å². The second-order valence-corrected chi connectivity index (χ2v) is 8.56. The third-order valence-electron chi connectivity index (χ3n) is 4.84. The number of piperazine rings is 1. The van der Waals surface area contributed by atoms with Crippen molar-refractivity contribution in [1.29, 1.82) is 0 Å². The largest absolute Gasteiger partial charge is 0.335 e. The molecule has 154 valence electrons. The van der Waals surface area contributed by atoms with E-state index in [1.807, 2.05) is 18.2 Å². The third kappa shape index (κ3) is 4.19. The first-order chi connectivity index (χ1) is 14.4. The van der Waals surface area contributed by atoms with Gasteiger partial charge in [0.05, 0.1) is 21.8 Å². The van der Waals surface area contributed by atoms with Gasteiger partial charge in [0.2, 0.25) is 0 Å². The van der Waals surface area contributed by atoms with Crippen LogP contribution in [0.25, 0.3) is 10.6 Å². The zero-order chi connectivity index (χ0) is 21.3. The van der Waals surface area contributed by atoms with E-state index in [0.29, 0.717) is 41.1 Å². The van der Waals surface area contributed by atoms with Gasteiger partial charge in [-0.1, -0.05) is 41.4 Å². The minimum Gasteiger partial charge on any atom is -0.335 e. The van der Waals surface area contributed by atoms with E-state index in [-0.39, 0.29) is 22.4 Å². The van der Waals surface area contributed by atoms with E-state index < -0.39 is 5.82 Å². The summed E-state index contributed by atoms with van der Waals surface area (Å²) in [5, 5.41) is 1.34. The summed E-state index contributed by atoms with van der Waals surface area (Å²) in [7, 11) is 0. The molecule has 1 fully saturated rings. The molecule has 30 heavy (non-hydrogen) atoms. The molecule has 2 amide bonds. The molecule has 0 atom stereocenters. The van der Waals surface area contributed by atoms with E-state index in [0.717, 1.165) is 11.6 Å². The van der Waals surface area contributed by atoms with Gasteiger partial charge in [-0.15, -0.1) is 11.3 Å². The molecule has 0 spiro atoms. The van der Waals surface area contributed by atoms with Crippen LogP contribution >= 0.6 is 34.5 Å². The number of thiazole rings is 1. The summed E-state index contributed by atoms with van der Waals surface area (Å²) in [6, 6.07) is 11.1. The van der Waals surface area contributed by atoms with Gasteiger partial charge in [-0.2, -0.15) is 0 Å². The fourth-order valence-electron chi connectivity index (χ4n) is 3.23. The number of carbonyl (C=O) groups excluding carboxylic acids is 2. The molecule has 0 saturated carbocycles. The first kappa shape index (κ1) is 20.8. The number of hydrogen-bond acceptors (Lipinski definition) is 4. The summed E-state index contributed by atoms with van der Waals surface area (Å²) in [6.45, 7) is 1.52. The van der Waals surface area contributed by atoms with Crippen molar-refractivity contribution < 1.29 is 14.0 Å². The number of carbonyl (C=O) groups is 2. The van der Waals surface area contributed by atoms with Crippen LogP contribution in [0.4, 0.5) is 4.39 Å². The molecule has 4 rings (SSSR count). The Balaban J connectivity index is 1.41. The smallest absolute Gasteiger partial charge is 0.265 e. The zero-order valence-electron chi connectivity index (χ0n) is 15.6. The summed E-state index contributed by atoms with van der Waals surface area (Å²) in [5.41, 5.74) is 1.04. The second-order valence-electron chi connectivity index (χ2n) is 6.72. The Morgan fingerprint density at radius 1 is 0.933 bits per heavy atom. The molecule has 0 N–H and O–H groups in total. The summed E-state index contributed by atoms with van der Waals surface area (Å²) in [6.07, 6.45) is 1.56. The number of hydrogen-bond donors (Lipinski definition) is 0. The van der Waals surface area contributed by atoms with Gasteiger partial charge in [0.1, 0.15) is 15.7 Å². The predicted octanol–water partition coefficient (Wildman–Crippen LogP) is 4.85. The van der Waals surface area contributed by atoms with Crippen LogP contribution in [0.15, 0.2) is 48.7 Å². The molecule has 1 aromatic heterocycles. The molecule has 1 saturated heterocycles. The van der Waals surface area contributed by atoms with Crippen molar-refractivity contribution in [3.8, 4) is 10.6 Å². The summed E-state index contributed by atoms with van der Waals surface area (Å²) in [4.78, 5) is 33.7. The van der Waals surface area contributed by atoms with Gasteiger partial charge >= 0.3 is 0 Å². The Kier molecular flexibility index (Phi) is 6.04. The van der Waals surface area contributed by atoms with Crippen LogP contribution in [-0.2, 0) is 0 Å². The third-order valence-corrected chi connectivity index (χ3v) is 6.50. The lowest BCUT2D eigenvalue weighted by Crippen LogP contribution is -2.50. The quantitative estimate of drug-likeness (QED) is 0.557. The van der Waals surface area contributed by atoms with E-state index in [4.69, 9.17) is 23.2 Å². The lowest BCUT2D eigenvalue weighted by Gasteiger charge is -2.34. The molecule has 2 aromatic carbocycles. The number of rotatable bonds is 3. The van der Waals surface area contributed by atoms with Crippen LogP contribution in [0, 0.1) is 5.82 Å². The van der Waals surface area contributed by atoms with Crippen molar-refractivity contribution in [2.75, 3.05) is 26.2 Å². The molecule has 0 bridgehead atoms. The Morgan fingerprint density at radius 2 is 1.60 bits per heavy atom. The molecule has 5 nitrogen and oxygen atoms in total. The SMILES string of the molecule is O=C(c1cnc(-c2ccccc2Cl)s1)N1CCN(C(=O)c2ccc(F)cc2Cl)CC1. The van der Waals surface area contributed by atoms with Crippen LogP contribution in [0.3, 0.4) is 0 Å². The lowest BCUT2D eigenvalue weighted by molar-refractivity contribution is 0.0538. The molecule has 9 heteroatoms. The van der Waals surface area contributed by atoms with Crippen molar-refractivity contribution in [3.05, 3.63) is 75.0 Å². The number of aromatic nitrogens is 1. The first-order valence-electron chi connectivity index (χ1n) is 9.18. The average Bonchev–Trinajstić information content (AvgIpc) is 3.23. The van der Waals surface area contributed by atoms with E-state index in [9.17, 15) is 14.0 Å².